The molecule has 0 aliphatic carbocycles. The zero-order chi connectivity index (χ0) is 18.3. The van der Waals surface area contributed by atoms with Gasteiger partial charge in [-0.15, -0.1) is 0 Å². The summed E-state index contributed by atoms with van der Waals surface area (Å²) < 4.78 is 33.0. The van der Waals surface area contributed by atoms with Crippen LogP contribution in [0.5, 0.6) is 5.75 Å². The number of rotatable bonds is 7. The van der Waals surface area contributed by atoms with Crippen LogP contribution in [0.15, 0.2) is 59.5 Å². The Morgan fingerprint density at radius 2 is 1.72 bits per heavy atom. The number of primary sulfonamides is 1. The van der Waals surface area contributed by atoms with Gasteiger partial charge in [0.1, 0.15) is 19.0 Å². The van der Waals surface area contributed by atoms with Crippen molar-refractivity contribution in [1.82, 2.24) is 4.90 Å². The monoisotopic (exact) mass is 364 g/mol. The lowest BCUT2D eigenvalue weighted by atomic mass is 10.2. The smallest absolute Gasteiger partial charge is 0.409 e. The Hall–Kier alpha value is -2.58. The zero-order valence-corrected chi connectivity index (χ0v) is 14.6. The molecule has 0 atom stereocenters. The third-order valence-electron chi connectivity index (χ3n) is 3.36. The number of amides is 1. The first kappa shape index (κ1) is 18.8. The fraction of sp³-hybridized carbons (Fsp3) is 0.235. The minimum Gasteiger partial charge on any atom is -0.492 e. The fourth-order valence-electron chi connectivity index (χ4n) is 1.95. The van der Waals surface area contributed by atoms with E-state index in [2.05, 4.69) is 0 Å². The van der Waals surface area contributed by atoms with Crippen LogP contribution in [0.3, 0.4) is 0 Å². The van der Waals surface area contributed by atoms with E-state index in [1.165, 1.54) is 29.2 Å². The van der Waals surface area contributed by atoms with E-state index in [1.54, 1.807) is 7.05 Å². The molecule has 0 saturated heterocycles. The number of likely N-dealkylation sites (N-methyl/N-ethyl adjacent to an activating group) is 1. The number of carbonyl (C=O) groups excluding carboxylic acids is 1. The van der Waals surface area contributed by atoms with Crippen LogP contribution >= 0.6 is 0 Å². The third-order valence-corrected chi connectivity index (χ3v) is 4.29. The molecule has 0 bridgehead atoms. The maximum absolute atomic E-state index is 11.9. The normalized spacial score (nSPS) is 11.0. The molecule has 134 valence electrons. The first-order valence-corrected chi connectivity index (χ1v) is 9.08. The minimum absolute atomic E-state index is 0.0152. The Bertz CT molecular complexity index is 792. The predicted octanol–water partition coefficient (Wildman–Crippen LogP) is 1.98. The molecule has 8 heteroatoms. The van der Waals surface area contributed by atoms with Crippen molar-refractivity contribution in [2.75, 3.05) is 20.2 Å². The molecule has 0 radical (unpaired) electrons. The molecule has 0 aromatic heterocycles. The summed E-state index contributed by atoms with van der Waals surface area (Å²) in [6.45, 7) is 0.774. The van der Waals surface area contributed by atoms with E-state index in [-0.39, 0.29) is 18.1 Å². The summed E-state index contributed by atoms with van der Waals surface area (Å²) >= 11 is 0. The van der Waals surface area contributed by atoms with Gasteiger partial charge in [-0.3, -0.25) is 0 Å². The van der Waals surface area contributed by atoms with Gasteiger partial charge in [0.05, 0.1) is 11.4 Å². The van der Waals surface area contributed by atoms with Gasteiger partial charge in [0.2, 0.25) is 10.0 Å². The molecule has 0 aliphatic heterocycles. The van der Waals surface area contributed by atoms with Gasteiger partial charge in [0.15, 0.2) is 0 Å². The highest BCUT2D eigenvalue weighted by Crippen LogP contribution is 2.14. The van der Waals surface area contributed by atoms with Crippen molar-refractivity contribution < 1.29 is 22.7 Å². The van der Waals surface area contributed by atoms with E-state index >= 15 is 0 Å². The summed E-state index contributed by atoms with van der Waals surface area (Å²) in [5.41, 5.74) is 0.912. The van der Waals surface area contributed by atoms with Crippen molar-refractivity contribution in [2.45, 2.75) is 11.5 Å². The largest absolute Gasteiger partial charge is 0.492 e. The van der Waals surface area contributed by atoms with Crippen molar-refractivity contribution in [3.63, 3.8) is 0 Å². The summed E-state index contributed by atoms with van der Waals surface area (Å²) in [4.78, 5) is 13.3. The number of sulfonamides is 1. The van der Waals surface area contributed by atoms with Crippen molar-refractivity contribution in [3.8, 4) is 5.75 Å². The molecule has 0 fully saturated rings. The number of hydrogen-bond donors (Lipinski definition) is 1. The van der Waals surface area contributed by atoms with Crippen molar-refractivity contribution >= 4 is 16.1 Å². The highest BCUT2D eigenvalue weighted by molar-refractivity contribution is 7.89. The lowest BCUT2D eigenvalue weighted by Gasteiger charge is -2.17. The van der Waals surface area contributed by atoms with Crippen LogP contribution in [-0.4, -0.2) is 39.6 Å². The molecule has 1 amide bonds. The summed E-state index contributed by atoms with van der Waals surface area (Å²) in [6, 6.07) is 15.1. The molecule has 0 unspecified atom stereocenters. The van der Waals surface area contributed by atoms with Gasteiger partial charge in [-0.05, 0) is 29.8 Å². The van der Waals surface area contributed by atoms with Gasteiger partial charge in [0, 0.05) is 7.05 Å². The van der Waals surface area contributed by atoms with Crippen LogP contribution in [0.1, 0.15) is 5.56 Å². The lowest BCUT2D eigenvalue weighted by molar-refractivity contribution is 0.0994. The molecule has 0 saturated carbocycles. The number of nitrogens with two attached hydrogens (primary N) is 1. The highest BCUT2D eigenvalue weighted by Gasteiger charge is 2.11. The molecule has 0 spiro atoms. The Balaban J connectivity index is 1.74. The topological polar surface area (TPSA) is 98.9 Å². The standard InChI is InChI=1S/C17H20N2O5S/c1-19(17(20)24-13-14-5-3-2-4-6-14)11-12-23-15-7-9-16(10-8-15)25(18,21)22/h2-10H,11-13H2,1H3,(H2,18,21,22). The minimum atomic E-state index is -3.72. The van der Waals surface area contributed by atoms with Crippen molar-refractivity contribution in [3.05, 3.63) is 60.2 Å². The van der Waals surface area contributed by atoms with Gasteiger partial charge in [0.25, 0.3) is 0 Å². The van der Waals surface area contributed by atoms with Gasteiger partial charge in [-0.2, -0.15) is 0 Å². The van der Waals surface area contributed by atoms with Crippen molar-refractivity contribution in [1.29, 1.82) is 0 Å². The quantitative estimate of drug-likeness (QED) is 0.810. The predicted molar refractivity (Wildman–Crippen MR) is 92.6 cm³/mol. The van der Waals surface area contributed by atoms with Crippen LogP contribution in [-0.2, 0) is 21.4 Å². The van der Waals surface area contributed by atoms with E-state index in [9.17, 15) is 13.2 Å². The average Bonchev–Trinajstić information content (AvgIpc) is 2.60. The maximum Gasteiger partial charge on any atom is 0.409 e. The molecule has 2 aromatic rings. The summed E-state index contributed by atoms with van der Waals surface area (Å²) in [5, 5.41) is 5.02. The van der Waals surface area contributed by atoms with Crippen LogP contribution in [0, 0.1) is 0 Å². The van der Waals surface area contributed by atoms with Gasteiger partial charge < -0.3 is 14.4 Å². The average molecular weight is 364 g/mol. The van der Waals surface area contributed by atoms with E-state index < -0.39 is 16.1 Å². The molecule has 2 N–H and O–H groups in total. The molecule has 2 rings (SSSR count). The van der Waals surface area contributed by atoms with Gasteiger partial charge in [-0.25, -0.2) is 18.4 Å². The number of carbonyl (C=O) groups is 1. The van der Waals surface area contributed by atoms with E-state index in [1.807, 2.05) is 30.3 Å². The van der Waals surface area contributed by atoms with Gasteiger partial charge in [-0.1, -0.05) is 30.3 Å². The number of hydrogen-bond acceptors (Lipinski definition) is 5. The van der Waals surface area contributed by atoms with E-state index in [0.717, 1.165) is 5.56 Å². The lowest BCUT2D eigenvalue weighted by Crippen LogP contribution is -2.31. The second-order valence-electron chi connectivity index (χ2n) is 5.33. The number of nitrogens with zero attached hydrogens (tertiary/aromatic N) is 1. The van der Waals surface area contributed by atoms with E-state index in [4.69, 9.17) is 14.6 Å². The Labute approximate surface area is 147 Å². The Morgan fingerprint density at radius 1 is 1.08 bits per heavy atom. The number of ether oxygens (including phenoxy) is 2. The zero-order valence-electron chi connectivity index (χ0n) is 13.8. The molecule has 2 aromatic carbocycles. The molecule has 0 heterocycles. The Morgan fingerprint density at radius 3 is 2.32 bits per heavy atom. The maximum atomic E-state index is 11.9. The first-order chi connectivity index (χ1) is 11.9. The summed E-state index contributed by atoms with van der Waals surface area (Å²) in [7, 11) is -2.11. The third kappa shape index (κ3) is 6.09. The Kier molecular flexibility index (Phi) is 6.37. The van der Waals surface area contributed by atoms with Crippen LogP contribution in [0.2, 0.25) is 0 Å². The molecular weight excluding hydrogens is 344 g/mol. The molecule has 0 aliphatic rings. The molecule has 7 nitrogen and oxygen atoms in total. The fourth-order valence-corrected chi connectivity index (χ4v) is 2.46. The van der Waals surface area contributed by atoms with Gasteiger partial charge >= 0.3 is 6.09 Å². The SMILES string of the molecule is CN(CCOc1ccc(S(N)(=O)=O)cc1)C(=O)OCc1ccccc1. The molecule has 25 heavy (non-hydrogen) atoms. The summed E-state index contributed by atoms with van der Waals surface area (Å²) in [5.74, 6) is 0.485. The second-order valence-corrected chi connectivity index (χ2v) is 6.89. The highest BCUT2D eigenvalue weighted by atomic mass is 32.2. The summed E-state index contributed by atoms with van der Waals surface area (Å²) in [6.07, 6.45) is -0.447. The van der Waals surface area contributed by atoms with E-state index in [0.29, 0.717) is 12.3 Å². The number of benzene rings is 2. The van der Waals surface area contributed by atoms with Crippen molar-refractivity contribution in [2.24, 2.45) is 5.14 Å². The second kappa shape index (κ2) is 8.50. The van der Waals surface area contributed by atoms with Crippen LogP contribution in [0.4, 0.5) is 4.79 Å². The first-order valence-electron chi connectivity index (χ1n) is 7.54. The molecular formula is C17H20N2O5S. The van der Waals surface area contributed by atoms with Crippen LogP contribution in [0.25, 0.3) is 0 Å². The van der Waals surface area contributed by atoms with Crippen LogP contribution < -0.4 is 9.88 Å².